The van der Waals surface area contributed by atoms with E-state index in [9.17, 15) is 60.9 Å². The van der Waals surface area contributed by atoms with Crippen molar-refractivity contribution in [1.29, 1.82) is 0 Å². The summed E-state index contributed by atoms with van der Waals surface area (Å²) < 4.78 is 167. The summed E-state index contributed by atoms with van der Waals surface area (Å²) in [6, 6.07) is 31.6. The van der Waals surface area contributed by atoms with E-state index in [1.54, 1.807) is 0 Å². The van der Waals surface area contributed by atoms with Gasteiger partial charge in [0.2, 0.25) is 7.49 Å². The van der Waals surface area contributed by atoms with Crippen molar-refractivity contribution < 1.29 is 65.4 Å². The van der Waals surface area contributed by atoms with E-state index in [0.717, 1.165) is 0 Å². The summed E-state index contributed by atoms with van der Waals surface area (Å²) in [4.78, 5) is 0. The Balaban J connectivity index is 0.000000300. The van der Waals surface area contributed by atoms with Crippen molar-refractivity contribution in [2.45, 2.75) is 16.5 Å². The molecule has 0 bridgehead atoms. The molecule has 3 rings (SSSR count). The summed E-state index contributed by atoms with van der Waals surface area (Å²) in [7, 11) is -22.1. The minimum Gasteiger partial charge on any atom is -0.772 e. The van der Waals surface area contributed by atoms with Gasteiger partial charge in [-0.3, -0.25) is 0 Å². The number of alkyl halides is 9. The third kappa shape index (κ3) is 8.24. The van der Waals surface area contributed by atoms with E-state index in [0.29, 0.717) is 7.54 Å². The minimum absolute atomic E-state index is 0.686. The van der Waals surface area contributed by atoms with Gasteiger partial charge in [-0.1, -0.05) is 54.6 Å². The third-order valence-corrected chi connectivity index (χ3v) is 13.5. The lowest BCUT2D eigenvalue weighted by atomic mass is 10.4. The van der Waals surface area contributed by atoms with Crippen LogP contribution < -0.4 is 15.9 Å². The summed E-state index contributed by atoms with van der Waals surface area (Å²) in [5.41, 5.74) is -19.9. The molecule has 0 atom stereocenters. The Morgan fingerprint density at radius 1 is 0.558 bits per heavy atom. The normalized spacial score (nSPS) is 13.5. The van der Waals surface area contributed by atoms with Crippen LogP contribution in [0.4, 0.5) is 39.5 Å². The molecule has 0 heterocycles. The van der Waals surface area contributed by atoms with Gasteiger partial charge in [-0.25, -0.2) is 4.52 Å². The average Bonchev–Trinajstić information content (AvgIpc) is 2.89. The first-order valence-electron chi connectivity index (χ1n) is 10.9. The number of rotatable bonds is 6. The molecule has 0 aliphatic rings. The molecule has 3 aromatic carbocycles. The number of benzene rings is 3. The predicted molar refractivity (Wildman–Crippen MR) is 141 cm³/mol. The van der Waals surface area contributed by atoms with E-state index < -0.39 is 54.0 Å². The summed E-state index contributed by atoms with van der Waals surface area (Å²) in [5, 5.41) is 3.72. The van der Waals surface area contributed by atoms with Gasteiger partial charge in [-0.05, 0) is 36.4 Å². The molecule has 0 radical (unpaired) electrons. The van der Waals surface area contributed by atoms with Crippen molar-refractivity contribution >= 4 is 53.4 Å². The van der Waals surface area contributed by atoms with Crippen LogP contribution in [-0.4, -0.2) is 45.0 Å². The van der Waals surface area contributed by atoms with Gasteiger partial charge in [0.05, 0.1) is 7.11 Å². The van der Waals surface area contributed by atoms with Gasteiger partial charge in [-0.2, -0.15) is 56.3 Å². The number of hydrogen-bond donors (Lipinski definition) is 0. The van der Waals surface area contributed by atoms with E-state index in [2.05, 4.69) is 72.8 Å². The molecule has 0 saturated carbocycles. The lowest BCUT2D eigenvalue weighted by Crippen LogP contribution is -2.32. The first kappa shape index (κ1) is 36.4. The number of nitrogens with zero attached hydrogens (tertiary/aromatic N) is 2. The highest BCUT2D eigenvalue weighted by molar-refractivity contribution is 8.07. The van der Waals surface area contributed by atoms with Gasteiger partial charge in [0.15, 0.2) is 0 Å². The number of hydrogen-bond acceptors (Lipinski definition) is 6. The third-order valence-electron chi connectivity index (χ3n) is 4.92. The Kier molecular flexibility index (Phi) is 11.1. The lowest BCUT2D eigenvalue weighted by molar-refractivity contribution is -0.0460. The Bertz CT molecular complexity index is 1570. The van der Waals surface area contributed by atoms with E-state index in [-0.39, 0.29) is 0 Å². The van der Waals surface area contributed by atoms with Gasteiger partial charge in [0, 0.05) is 9.90 Å². The topological polar surface area (TPSA) is 125 Å². The van der Waals surface area contributed by atoms with Crippen LogP contribution in [0.25, 0.3) is 0 Å². The maximum Gasteiger partial charge on any atom is 0.519 e. The van der Waals surface area contributed by atoms with Crippen molar-refractivity contribution in [1.82, 2.24) is 0 Å². The van der Waals surface area contributed by atoms with E-state index in [1.807, 2.05) is 25.3 Å². The van der Waals surface area contributed by atoms with Gasteiger partial charge in [0.25, 0.3) is 0 Å². The Morgan fingerprint density at radius 3 is 1.00 bits per heavy atom. The molecule has 0 unspecified atom stereocenters. The monoisotopic (exact) mass is 704 g/mol. The highest BCUT2D eigenvalue weighted by atomic mass is 32.3. The van der Waals surface area contributed by atoms with Crippen LogP contribution in [0.5, 0.6) is 0 Å². The SMILES string of the molecule is CO[P+](c1ccccc1)(c1ccccc1)c1ccccc1.O=S(=O)(N=S([O-])(=NS(=O)(=O)C(F)(F)F)C(F)(F)F)C(F)(F)F. The average molecular weight is 705 g/mol. The van der Waals surface area contributed by atoms with Crippen molar-refractivity contribution in [3.63, 3.8) is 0 Å². The molecular weight excluding hydrogens is 686 g/mol. The summed E-state index contributed by atoms with van der Waals surface area (Å²) in [5.74, 6) is 0. The molecule has 21 heteroatoms. The molecule has 238 valence electrons. The molecule has 0 fully saturated rings. The predicted octanol–water partition coefficient (Wildman–Crippen LogP) is 5.40. The highest BCUT2D eigenvalue weighted by Gasteiger charge is 2.51. The van der Waals surface area contributed by atoms with Crippen LogP contribution in [-0.2, 0) is 34.5 Å². The molecule has 0 aromatic heterocycles. The largest absolute Gasteiger partial charge is 0.772 e. The summed E-state index contributed by atoms with van der Waals surface area (Å²) in [6.07, 6.45) is 0. The second-order valence-corrected chi connectivity index (χ2v) is 16.3. The fourth-order valence-electron chi connectivity index (χ4n) is 3.13. The molecule has 0 saturated heterocycles. The molecule has 0 aliphatic carbocycles. The standard InChI is InChI=1S/C19H18OP.C3F9N2O5S3/c1-20-21(17-11-5-2-6-12-17,18-13-7-3-8-14-18)19-15-9-4-10-16-19;4-1(5,6)20(15,13-21(16,17)2(7,8)9)14-22(18,19)3(10,11)12/h2-16H,1H3;/q+1;-1. The van der Waals surface area contributed by atoms with Crippen LogP contribution in [0, 0.1) is 0 Å². The maximum absolute atomic E-state index is 12.2. The highest BCUT2D eigenvalue weighted by Crippen LogP contribution is 2.55. The molecule has 43 heavy (non-hydrogen) atoms. The summed E-state index contributed by atoms with van der Waals surface area (Å²) >= 11 is 0. The van der Waals surface area contributed by atoms with Crippen LogP contribution in [0.3, 0.4) is 0 Å². The molecule has 0 spiro atoms. The summed E-state index contributed by atoms with van der Waals surface area (Å²) in [6.45, 7) is 0. The molecule has 0 aliphatic heterocycles. The van der Waals surface area contributed by atoms with Gasteiger partial charge < -0.3 is 4.55 Å². The zero-order valence-corrected chi connectivity index (χ0v) is 24.4. The second-order valence-electron chi connectivity index (χ2n) is 7.73. The second kappa shape index (κ2) is 13.1. The zero-order chi connectivity index (χ0) is 33.0. The van der Waals surface area contributed by atoms with E-state index in [4.69, 9.17) is 4.52 Å². The molecule has 8 nitrogen and oxygen atoms in total. The maximum atomic E-state index is 12.2. The Morgan fingerprint density at radius 2 is 0.814 bits per heavy atom. The van der Waals surface area contributed by atoms with Crippen molar-refractivity contribution in [2.75, 3.05) is 7.11 Å². The molecule has 3 aromatic rings. The van der Waals surface area contributed by atoms with Crippen LogP contribution in [0.2, 0.25) is 0 Å². The van der Waals surface area contributed by atoms with Crippen LogP contribution >= 0.6 is 7.49 Å². The van der Waals surface area contributed by atoms with Crippen molar-refractivity contribution in [3.8, 4) is 0 Å². The van der Waals surface area contributed by atoms with E-state index in [1.165, 1.54) is 15.9 Å². The fraction of sp³-hybridized carbons (Fsp3) is 0.182. The number of sulfonamides is 2. The van der Waals surface area contributed by atoms with Crippen LogP contribution in [0.15, 0.2) is 98.5 Å². The van der Waals surface area contributed by atoms with Gasteiger partial charge in [-0.15, -0.1) is 7.54 Å². The van der Waals surface area contributed by atoms with Crippen molar-refractivity contribution in [2.24, 2.45) is 7.54 Å². The quantitative estimate of drug-likeness (QED) is 0.250. The number of halogens is 9. The van der Waals surface area contributed by atoms with Crippen molar-refractivity contribution in [3.05, 3.63) is 91.0 Å². The smallest absolute Gasteiger partial charge is 0.519 e. The first-order chi connectivity index (χ1) is 19.5. The van der Waals surface area contributed by atoms with E-state index >= 15 is 0 Å². The Hall–Kier alpha value is -2.77. The zero-order valence-electron chi connectivity index (χ0n) is 21.1. The lowest BCUT2D eigenvalue weighted by Gasteiger charge is -2.23. The molecule has 0 N–H and O–H groups in total. The first-order valence-corrected chi connectivity index (χ1v) is 16.9. The van der Waals surface area contributed by atoms with Gasteiger partial charge >= 0.3 is 36.6 Å². The minimum atomic E-state index is -7.35. The fourth-order valence-corrected chi connectivity index (χ4v) is 10.3. The van der Waals surface area contributed by atoms with Gasteiger partial charge in [0.1, 0.15) is 15.9 Å². The Labute approximate surface area is 240 Å². The molecular formula is C22H18F9N2O6PS3. The molecule has 0 amide bonds. The van der Waals surface area contributed by atoms with Crippen LogP contribution in [0.1, 0.15) is 0 Å².